The van der Waals surface area contributed by atoms with Crippen LogP contribution in [0.2, 0.25) is 0 Å². The Morgan fingerprint density at radius 1 is 1.24 bits per heavy atom. The van der Waals surface area contributed by atoms with Crippen LogP contribution in [0.5, 0.6) is 5.88 Å². The molecule has 21 heavy (non-hydrogen) atoms. The summed E-state index contributed by atoms with van der Waals surface area (Å²) in [6, 6.07) is 11.5. The molecule has 0 bridgehead atoms. The van der Waals surface area contributed by atoms with Gasteiger partial charge >= 0.3 is 0 Å². The number of hydrogen-bond acceptors (Lipinski definition) is 4. The lowest BCUT2D eigenvalue weighted by molar-refractivity contribution is 0.165. The summed E-state index contributed by atoms with van der Waals surface area (Å²) in [5, 5.41) is 3.18. The van der Waals surface area contributed by atoms with E-state index >= 15 is 0 Å². The SMILES string of the molecule is C#CC(C)(C)Oc1cc(NCC)nc(-c2ccccc2)n1. The van der Waals surface area contributed by atoms with Crippen molar-refractivity contribution >= 4 is 5.82 Å². The van der Waals surface area contributed by atoms with Crippen LogP contribution >= 0.6 is 0 Å². The second-order valence-corrected chi connectivity index (χ2v) is 5.07. The number of rotatable bonds is 5. The maximum atomic E-state index is 5.77. The molecule has 0 aliphatic heterocycles. The Morgan fingerprint density at radius 2 is 1.95 bits per heavy atom. The van der Waals surface area contributed by atoms with Gasteiger partial charge < -0.3 is 10.1 Å². The minimum atomic E-state index is -0.716. The molecule has 4 nitrogen and oxygen atoms in total. The molecule has 2 rings (SSSR count). The number of nitrogens with one attached hydrogen (secondary N) is 1. The van der Waals surface area contributed by atoms with Crippen molar-refractivity contribution in [3.05, 3.63) is 36.4 Å². The third-order valence-corrected chi connectivity index (χ3v) is 2.80. The van der Waals surface area contributed by atoms with Crippen molar-refractivity contribution < 1.29 is 4.74 Å². The smallest absolute Gasteiger partial charge is 0.220 e. The average molecular weight is 281 g/mol. The largest absolute Gasteiger partial charge is 0.458 e. The van der Waals surface area contributed by atoms with Gasteiger partial charge in [0.1, 0.15) is 5.82 Å². The lowest BCUT2D eigenvalue weighted by Gasteiger charge is -2.20. The monoisotopic (exact) mass is 281 g/mol. The first kappa shape index (κ1) is 14.9. The van der Waals surface area contributed by atoms with E-state index < -0.39 is 5.60 Å². The summed E-state index contributed by atoms with van der Waals surface area (Å²) in [4.78, 5) is 8.95. The molecular weight excluding hydrogens is 262 g/mol. The molecule has 0 aliphatic rings. The van der Waals surface area contributed by atoms with Crippen molar-refractivity contribution in [3.8, 4) is 29.6 Å². The Balaban J connectivity index is 2.42. The first-order valence-electron chi connectivity index (χ1n) is 6.89. The zero-order valence-electron chi connectivity index (χ0n) is 12.6. The van der Waals surface area contributed by atoms with Crippen LogP contribution in [0.3, 0.4) is 0 Å². The zero-order valence-corrected chi connectivity index (χ0v) is 12.6. The fraction of sp³-hybridized carbons (Fsp3) is 0.294. The van der Waals surface area contributed by atoms with Crippen molar-refractivity contribution in [3.63, 3.8) is 0 Å². The number of nitrogens with zero attached hydrogens (tertiary/aromatic N) is 2. The minimum absolute atomic E-state index is 0.461. The van der Waals surface area contributed by atoms with E-state index in [9.17, 15) is 0 Å². The highest BCUT2D eigenvalue weighted by Gasteiger charge is 2.18. The van der Waals surface area contributed by atoms with Gasteiger partial charge in [0.15, 0.2) is 11.4 Å². The molecule has 0 unspecified atom stereocenters. The molecule has 108 valence electrons. The second-order valence-electron chi connectivity index (χ2n) is 5.07. The van der Waals surface area contributed by atoms with Gasteiger partial charge in [-0.05, 0) is 20.8 Å². The van der Waals surface area contributed by atoms with Gasteiger partial charge in [0.25, 0.3) is 0 Å². The second kappa shape index (κ2) is 6.27. The molecule has 1 aromatic heterocycles. The van der Waals surface area contributed by atoms with E-state index in [4.69, 9.17) is 11.2 Å². The Hall–Kier alpha value is -2.54. The molecule has 0 amide bonds. The number of terminal acetylenes is 1. The first-order valence-corrected chi connectivity index (χ1v) is 6.89. The van der Waals surface area contributed by atoms with Gasteiger partial charge in [-0.1, -0.05) is 36.3 Å². The Bertz CT molecular complexity index is 645. The fourth-order valence-electron chi connectivity index (χ4n) is 1.76. The summed E-state index contributed by atoms with van der Waals surface area (Å²) in [5.41, 5.74) is 0.215. The van der Waals surface area contributed by atoms with Crippen LogP contribution in [-0.2, 0) is 0 Å². The maximum absolute atomic E-state index is 5.77. The zero-order chi connectivity index (χ0) is 15.3. The van der Waals surface area contributed by atoms with Gasteiger partial charge in [0, 0.05) is 18.2 Å². The van der Waals surface area contributed by atoms with E-state index in [1.807, 2.05) is 51.1 Å². The lowest BCUT2D eigenvalue weighted by atomic mass is 10.1. The van der Waals surface area contributed by atoms with Crippen LogP contribution in [-0.4, -0.2) is 22.1 Å². The fourth-order valence-corrected chi connectivity index (χ4v) is 1.76. The van der Waals surface area contributed by atoms with E-state index in [0.717, 1.165) is 12.1 Å². The van der Waals surface area contributed by atoms with Crippen LogP contribution in [0.4, 0.5) is 5.82 Å². The van der Waals surface area contributed by atoms with Crippen LogP contribution in [0.15, 0.2) is 36.4 Å². The summed E-state index contributed by atoms with van der Waals surface area (Å²) < 4.78 is 5.77. The van der Waals surface area contributed by atoms with Crippen LogP contribution in [0.1, 0.15) is 20.8 Å². The van der Waals surface area contributed by atoms with Crippen molar-refractivity contribution in [1.29, 1.82) is 0 Å². The van der Waals surface area contributed by atoms with Gasteiger partial charge in [-0.3, -0.25) is 0 Å². The number of ether oxygens (including phenoxy) is 1. The van der Waals surface area contributed by atoms with Crippen molar-refractivity contribution in [2.24, 2.45) is 0 Å². The van der Waals surface area contributed by atoms with Crippen molar-refractivity contribution in [2.45, 2.75) is 26.4 Å². The Kier molecular flexibility index (Phi) is 4.44. The first-order chi connectivity index (χ1) is 10.0. The van der Waals surface area contributed by atoms with Gasteiger partial charge in [-0.25, -0.2) is 4.98 Å². The predicted octanol–water partition coefficient (Wildman–Crippen LogP) is 3.37. The number of benzene rings is 1. The summed E-state index contributed by atoms with van der Waals surface area (Å²) in [6.07, 6.45) is 5.47. The average Bonchev–Trinajstić information content (AvgIpc) is 2.48. The Morgan fingerprint density at radius 3 is 2.57 bits per heavy atom. The molecule has 0 fully saturated rings. The highest BCUT2D eigenvalue weighted by molar-refractivity contribution is 5.58. The number of aromatic nitrogens is 2. The molecule has 0 spiro atoms. The number of anilines is 1. The maximum Gasteiger partial charge on any atom is 0.220 e. The summed E-state index contributed by atoms with van der Waals surface area (Å²) in [5.74, 6) is 4.38. The summed E-state index contributed by atoms with van der Waals surface area (Å²) >= 11 is 0. The molecule has 1 aromatic carbocycles. The third kappa shape index (κ3) is 3.96. The van der Waals surface area contributed by atoms with Crippen molar-refractivity contribution in [1.82, 2.24) is 9.97 Å². The quantitative estimate of drug-likeness (QED) is 0.854. The van der Waals surface area contributed by atoms with Crippen LogP contribution in [0.25, 0.3) is 11.4 Å². The van der Waals surface area contributed by atoms with E-state index in [2.05, 4.69) is 21.2 Å². The molecule has 0 saturated heterocycles. The lowest BCUT2D eigenvalue weighted by Crippen LogP contribution is -2.26. The molecular formula is C17H19N3O. The third-order valence-electron chi connectivity index (χ3n) is 2.80. The molecule has 4 heteroatoms. The van der Waals surface area contributed by atoms with Crippen molar-refractivity contribution in [2.75, 3.05) is 11.9 Å². The van der Waals surface area contributed by atoms with E-state index in [1.54, 1.807) is 6.07 Å². The molecule has 0 aliphatic carbocycles. The van der Waals surface area contributed by atoms with Gasteiger partial charge in [-0.2, -0.15) is 4.98 Å². The van der Waals surface area contributed by atoms with E-state index in [0.29, 0.717) is 17.5 Å². The molecule has 0 radical (unpaired) electrons. The van der Waals surface area contributed by atoms with Gasteiger partial charge in [-0.15, -0.1) is 6.42 Å². The summed E-state index contributed by atoms with van der Waals surface area (Å²) in [6.45, 7) is 6.42. The van der Waals surface area contributed by atoms with Gasteiger partial charge in [0.2, 0.25) is 5.88 Å². The highest BCUT2D eigenvalue weighted by atomic mass is 16.5. The molecule has 1 heterocycles. The molecule has 2 aromatic rings. The minimum Gasteiger partial charge on any atom is -0.458 e. The predicted molar refractivity (Wildman–Crippen MR) is 85.2 cm³/mol. The summed E-state index contributed by atoms with van der Waals surface area (Å²) in [7, 11) is 0. The highest BCUT2D eigenvalue weighted by Crippen LogP contribution is 2.23. The normalized spacial score (nSPS) is 10.8. The Labute approximate surface area is 125 Å². The van der Waals surface area contributed by atoms with E-state index in [1.165, 1.54) is 0 Å². The molecule has 1 N–H and O–H groups in total. The molecule has 0 saturated carbocycles. The molecule has 0 atom stereocenters. The number of hydrogen-bond donors (Lipinski definition) is 1. The standard InChI is InChI=1S/C17H19N3O/c1-5-17(3,4)21-15-12-14(18-6-2)19-16(20-15)13-10-8-7-9-11-13/h1,7-12H,6H2,2-4H3,(H,18,19,20). The topological polar surface area (TPSA) is 47.0 Å². The van der Waals surface area contributed by atoms with Crippen LogP contribution in [0, 0.1) is 12.3 Å². The van der Waals surface area contributed by atoms with Crippen LogP contribution < -0.4 is 10.1 Å². The van der Waals surface area contributed by atoms with Gasteiger partial charge in [0.05, 0.1) is 0 Å². The van der Waals surface area contributed by atoms with E-state index in [-0.39, 0.29) is 0 Å².